The summed E-state index contributed by atoms with van der Waals surface area (Å²) in [6.07, 6.45) is 4.95. The van der Waals surface area contributed by atoms with Crippen molar-refractivity contribution in [1.82, 2.24) is 19.7 Å². The Kier molecular flexibility index (Phi) is 4.10. The van der Waals surface area contributed by atoms with E-state index in [0.29, 0.717) is 28.0 Å². The Balaban J connectivity index is 1.78. The van der Waals surface area contributed by atoms with Crippen LogP contribution in [-0.2, 0) is 6.54 Å². The van der Waals surface area contributed by atoms with Gasteiger partial charge in [0.2, 0.25) is 0 Å². The highest BCUT2D eigenvalue weighted by atomic mass is 35.5. The molecule has 0 unspecified atom stereocenters. The zero-order valence-electron chi connectivity index (χ0n) is 13.5. The Hall–Kier alpha value is -3.25. The molecule has 128 valence electrons. The van der Waals surface area contributed by atoms with Crippen LogP contribution in [-0.4, -0.2) is 20.3 Å². The van der Waals surface area contributed by atoms with Gasteiger partial charge in [-0.15, -0.1) is 0 Å². The smallest absolute Gasteiger partial charge is 0.265 e. The van der Waals surface area contributed by atoms with Crippen molar-refractivity contribution in [3.63, 3.8) is 0 Å². The third-order valence-electron chi connectivity index (χ3n) is 4.02. The number of rotatable bonds is 3. The van der Waals surface area contributed by atoms with Gasteiger partial charge in [0.1, 0.15) is 0 Å². The van der Waals surface area contributed by atoms with Gasteiger partial charge in [0.25, 0.3) is 11.5 Å². The molecule has 0 saturated carbocycles. The normalized spacial score (nSPS) is 11.0. The van der Waals surface area contributed by atoms with Crippen molar-refractivity contribution in [3.05, 3.63) is 87.6 Å². The lowest BCUT2D eigenvalue weighted by Crippen LogP contribution is -2.25. The Morgan fingerprint density at radius 2 is 2.08 bits per heavy atom. The molecular weight excluding hydrogens is 352 g/mol. The minimum Gasteiger partial charge on any atom is -0.348 e. The van der Waals surface area contributed by atoms with Gasteiger partial charge >= 0.3 is 0 Å². The minimum absolute atomic E-state index is 0.247. The van der Waals surface area contributed by atoms with E-state index >= 15 is 0 Å². The second-order valence-corrected chi connectivity index (χ2v) is 6.17. The Labute approximate surface area is 153 Å². The first-order valence-electron chi connectivity index (χ1n) is 7.91. The van der Waals surface area contributed by atoms with Crippen molar-refractivity contribution in [2.75, 3.05) is 0 Å². The molecule has 1 amide bonds. The average molecular weight is 365 g/mol. The summed E-state index contributed by atoms with van der Waals surface area (Å²) in [5.41, 5.74) is 1.69. The van der Waals surface area contributed by atoms with Gasteiger partial charge in [-0.05, 0) is 42.0 Å². The third-order valence-corrected chi connectivity index (χ3v) is 4.26. The van der Waals surface area contributed by atoms with Crippen LogP contribution < -0.4 is 10.9 Å². The molecule has 0 aliphatic rings. The van der Waals surface area contributed by atoms with Gasteiger partial charge in [-0.2, -0.15) is 0 Å². The molecule has 3 heterocycles. The van der Waals surface area contributed by atoms with E-state index < -0.39 is 0 Å². The summed E-state index contributed by atoms with van der Waals surface area (Å²) in [7, 11) is 0. The molecular formula is C19H13ClN4O2. The summed E-state index contributed by atoms with van der Waals surface area (Å²) in [4.78, 5) is 33.8. The van der Waals surface area contributed by atoms with E-state index in [1.807, 2.05) is 6.07 Å². The van der Waals surface area contributed by atoms with Gasteiger partial charge in [0.15, 0.2) is 5.65 Å². The van der Waals surface area contributed by atoms with E-state index in [1.54, 1.807) is 55.0 Å². The first kappa shape index (κ1) is 16.2. The van der Waals surface area contributed by atoms with Crippen LogP contribution in [0.1, 0.15) is 15.9 Å². The van der Waals surface area contributed by atoms with E-state index in [0.717, 1.165) is 5.56 Å². The van der Waals surface area contributed by atoms with Crippen LogP contribution in [0, 0.1) is 0 Å². The number of halogens is 1. The molecule has 0 fully saturated rings. The number of benzene rings is 1. The van der Waals surface area contributed by atoms with Crippen molar-refractivity contribution in [1.29, 1.82) is 0 Å². The molecule has 0 atom stereocenters. The van der Waals surface area contributed by atoms with E-state index in [9.17, 15) is 9.59 Å². The zero-order valence-corrected chi connectivity index (χ0v) is 14.3. The topological polar surface area (TPSA) is 76.4 Å². The van der Waals surface area contributed by atoms with Gasteiger partial charge in [0.05, 0.1) is 16.5 Å². The van der Waals surface area contributed by atoms with Gasteiger partial charge in [-0.1, -0.05) is 17.7 Å². The number of aromatic nitrogens is 3. The van der Waals surface area contributed by atoms with Gasteiger partial charge in [0, 0.05) is 30.2 Å². The van der Waals surface area contributed by atoms with E-state index in [-0.39, 0.29) is 17.1 Å². The van der Waals surface area contributed by atoms with Crippen molar-refractivity contribution < 1.29 is 4.79 Å². The second kappa shape index (κ2) is 6.57. The molecule has 4 aromatic rings. The molecule has 7 heteroatoms. The van der Waals surface area contributed by atoms with E-state index in [4.69, 9.17) is 11.6 Å². The van der Waals surface area contributed by atoms with Gasteiger partial charge in [-0.3, -0.25) is 19.0 Å². The predicted molar refractivity (Wildman–Crippen MR) is 99.4 cm³/mol. The summed E-state index contributed by atoms with van der Waals surface area (Å²) in [6.45, 7) is 0.331. The maximum atomic E-state index is 12.7. The lowest BCUT2D eigenvalue weighted by atomic mass is 10.2. The fourth-order valence-corrected chi connectivity index (χ4v) is 2.92. The molecule has 0 saturated heterocycles. The highest BCUT2D eigenvalue weighted by molar-refractivity contribution is 6.31. The fraction of sp³-hybridized carbons (Fsp3) is 0.0526. The number of carbonyl (C=O) groups excluding carboxylic acids is 1. The average Bonchev–Trinajstić information content (AvgIpc) is 2.66. The Bertz CT molecular complexity index is 1190. The SMILES string of the molecule is O=C(NCc1cccnc1)c1cccn2c(=O)c3ccc(Cl)cc3nc12. The number of amides is 1. The van der Waals surface area contributed by atoms with Crippen LogP contribution in [0.25, 0.3) is 16.6 Å². The number of hydrogen-bond acceptors (Lipinski definition) is 4. The largest absolute Gasteiger partial charge is 0.348 e. The Morgan fingerprint density at radius 3 is 2.88 bits per heavy atom. The number of pyridine rings is 2. The van der Waals surface area contributed by atoms with Gasteiger partial charge < -0.3 is 5.32 Å². The van der Waals surface area contributed by atoms with Crippen LogP contribution in [0.5, 0.6) is 0 Å². The summed E-state index contributed by atoms with van der Waals surface area (Å²) < 4.78 is 1.37. The quantitative estimate of drug-likeness (QED) is 0.567. The molecule has 0 aliphatic carbocycles. The summed E-state index contributed by atoms with van der Waals surface area (Å²) >= 11 is 6.01. The molecule has 0 aliphatic heterocycles. The van der Waals surface area contributed by atoms with Crippen molar-refractivity contribution in [3.8, 4) is 0 Å². The monoisotopic (exact) mass is 364 g/mol. The second-order valence-electron chi connectivity index (χ2n) is 5.74. The molecule has 0 bridgehead atoms. The Morgan fingerprint density at radius 1 is 1.19 bits per heavy atom. The predicted octanol–water partition coefficient (Wildman–Crippen LogP) is 2.83. The number of nitrogens with one attached hydrogen (secondary N) is 1. The van der Waals surface area contributed by atoms with Gasteiger partial charge in [-0.25, -0.2) is 4.98 Å². The first-order valence-corrected chi connectivity index (χ1v) is 8.29. The standard InChI is InChI=1S/C19H13ClN4O2/c20-13-5-6-14-16(9-13)23-17-15(4-2-8-24(17)19(14)26)18(25)22-11-12-3-1-7-21-10-12/h1-10H,11H2,(H,22,25). The number of hydrogen-bond donors (Lipinski definition) is 1. The molecule has 1 N–H and O–H groups in total. The highest BCUT2D eigenvalue weighted by Crippen LogP contribution is 2.17. The molecule has 1 aromatic carbocycles. The lowest BCUT2D eigenvalue weighted by Gasteiger charge is -2.09. The summed E-state index contributed by atoms with van der Waals surface area (Å²) in [5, 5.41) is 3.75. The van der Waals surface area contributed by atoms with E-state index in [1.165, 1.54) is 4.40 Å². The maximum absolute atomic E-state index is 12.7. The highest BCUT2D eigenvalue weighted by Gasteiger charge is 2.14. The first-order chi connectivity index (χ1) is 12.6. The van der Waals surface area contributed by atoms with Crippen LogP contribution in [0.3, 0.4) is 0 Å². The van der Waals surface area contributed by atoms with Crippen LogP contribution in [0.4, 0.5) is 0 Å². The number of fused-ring (bicyclic) bond motifs is 2. The zero-order chi connectivity index (χ0) is 18.1. The van der Waals surface area contributed by atoms with Crippen LogP contribution in [0.2, 0.25) is 5.02 Å². The molecule has 3 aromatic heterocycles. The summed E-state index contributed by atoms with van der Waals surface area (Å²) in [5.74, 6) is -0.319. The molecule has 6 nitrogen and oxygen atoms in total. The summed E-state index contributed by atoms with van der Waals surface area (Å²) in [6, 6.07) is 11.8. The van der Waals surface area contributed by atoms with Crippen molar-refractivity contribution in [2.24, 2.45) is 0 Å². The third kappa shape index (κ3) is 2.91. The molecule has 26 heavy (non-hydrogen) atoms. The van der Waals surface area contributed by atoms with Crippen LogP contribution >= 0.6 is 11.6 Å². The van der Waals surface area contributed by atoms with Crippen LogP contribution in [0.15, 0.2) is 65.8 Å². The molecule has 0 radical (unpaired) electrons. The maximum Gasteiger partial charge on any atom is 0.265 e. The molecule has 0 spiro atoms. The molecule has 4 rings (SSSR count). The van der Waals surface area contributed by atoms with E-state index in [2.05, 4.69) is 15.3 Å². The minimum atomic E-state index is -0.319. The van der Waals surface area contributed by atoms with Crippen molar-refractivity contribution in [2.45, 2.75) is 6.54 Å². The number of carbonyl (C=O) groups is 1. The lowest BCUT2D eigenvalue weighted by molar-refractivity contribution is 0.0952. The fourth-order valence-electron chi connectivity index (χ4n) is 2.76. The number of nitrogens with zero attached hydrogens (tertiary/aromatic N) is 3. The van der Waals surface area contributed by atoms with Crippen molar-refractivity contribution >= 4 is 34.1 Å².